The fourth-order valence-electron chi connectivity index (χ4n) is 11.1. The van der Waals surface area contributed by atoms with Crippen LogP contribution < -0.4 is 4.90 Å². The van der Waals surface area contributed by atoms with Crippen molar-refractivity contribution in [3.8, 4) is 44.5 Å². The van der Waals surface area contributed by atoms with Gasteiger partial charge in [0, 0.05) is 22.2 Å². The molecule has 10 aromatic rings. The van der Waals surface area contributed by atoms with Crippen molar-refractivity contribution in [1.29, 1.82) is 0 Å². The number of nitrogens with zero attached hydrogens (tertiary/aromatic N) is 1. The largest absolute Gasteiger partial charge is 0.309 e. The number of anilines is 3. The van der Waals surface area contributed by atoms with Gasteiger partial charge in [-0.2, -0.15) is 0 Å². The third-order valence-corrected chi connectivity index (χ3v) is 14.0. The third-order valence-electron chi connectivity index (χ3n) is 14.0. The Kier molecular flexibility index (Phi) is 8.49. The highest BCUT2D eigenvalue weighted by Gasteiger charge is 2.46. The van der Waals surface area contributed by atoms with Crippen LogP contribution in [0.1, 0.15) is 47.2 Å². The van der Waals surface area contributed by atoms with Gasteiger partial charge in [-0.1, -0.05) is 226 Å². The maximum Gasteiger partial charge on any atom is 0.0714 e. The molecule has 0 unspecified atom stereocenters. The summed E-state index contributed by atoms with van der Waals surface area (Å²) in [5.74, 6) is 0. The fourth-order valence-corrected chi connectivity index (χ4v) is 11.1. The Balaban J connectivity index is 1.18. The lowest BCUT2D eigenvalue weighted by molar-refractivity contribution is 0.660. The van der Waals surface area contributed by atoms with Crippen LogP contribution in [0.3, 0.4) is 0 Å². The molecule has 0 bridgehead atoms. The summed E-state index contributed by atoms with van der Waals surface area (Å²) in [7, 11) is 0. The Morgan fingerprint density at radius 3 is 1.60 bits per heavy atom. The zero-order chi connectivity index (χ0) is 42.1. The maximum atomic E-state index is 2.58. The molecule has 0 heterocycles. The van der Waals surface area contributed by atoms with Crippen molar-refractivity contribution in [3.63, 3.8) is 0 Å². The summed E-state index contributed by atoms with van der Waals surface area (Å²) in [6.07, 6.45) is 0. The Bertz CT molecular complexity index is 3310. The van der Waals surface area contributed by atoms with Crippen molar-refractivity contribution in [2.24, 2.45) is 0 Å². The first-order valence-corrected chi connectivity index (χ1v) is 22.1. The minimum absolute atomic E-state index is 0.164. The summed E-state index contributed by atoms with van der Waals surface area (Å²) in [5, 5.41) is 2.43. The highest BCUT2D eigenvalue weighted by atomic mass is 15.1. The van der Waals surface area contributed by atoms with Crippen LogP contribution in [0.5, 0.6) is 0 Å². The van der Waals surface area contributed by atoms with Crippen molar-refractivity contribution >= 4 is 27.8 Å². The minimum atomic E-state index is -0.539. The molecule has 0 radical (unpaired) electrons. The van der Waals surface area contributed by atoms with Crippen LogP contribution in [0.25, 0.3) is 55.3 Å². The second kappa shape index (κ2) is 14.4. The lowest BCUT2D eigenvalue weighted by Gasteiger charge is -2.35. The van der Waals surface area contributed by atoms with E-state index in [1.54, 1.807) is 0 Å². The van der Waals surface area contributed by atoms with E-state index in [9.17, 15) is 0 Å². The number of hydrogen-bond donors (Lipinski definition) is 0. The van der Waals surface area contributed by atoms with Gasteiger partial charge in [-0.3, -0.25) is 0 Å². The highest BCUT2D eigenvalue weighted by Crippen LogP contribution is 2.59. The molecule has 0 aliphatic heterocycles. The summed E-state index contributed by atoms with van der Waals surface area (Å²) in [4.78, 5) is 2.58. The molecule has 63 heavy (non-hydrogen) atoms. The van der Waals surface area contributed by atoms with Gasteiger partial charge in [-0.15, -0.1) is 0 Å². The predicted molar refractivity (Wildman–Crippen MR) is 264 cm³/mol. The molecule has 0 saturated heterocycles. The Labute approximate surface area is 370 Å². The molecule has 1 nitrogen and oxygen atoms in total. The van der Waals surface area contributed by atoms with Crippen LogP contribution in [0, 0.1) is 0 Å². The van der Waals surface area contributed by atoms with Crippen molar-refractivity contribution in [2.45, 2.75) is 24.7 Å². The first-order chi connectivity index (χ1) is 31.0. The second-order valence-corrected chi connectivity index (χ2v) is 17.6. The van der Waals surface area contributed by atoms with Gasteiger partial charge in [-0.05, 0) is 102 Å². The minimum Gasteiger partial charge on any atom is -0.309 e. The molecule has 2 aliphatic carbocycles. The molecular formula is C62H45N. The van der Waals surface area contributed by atoms with Crippen molar-refractivity contribution in [1.82, 2.24) is 0 Å². The molecule has 0 amide bonds. The van der Waals surface area contributed by atoms with Crippen molar-refractivity contribution in [3.05, 3.63) is 270 Å². The fraction of sp³-hybridized carbons (Fsp3) is 0.0645. The van der Waals surface area contributed by atoms with E-state index >= 15 is 0 Å². The van der Waals surface area contributed by atoms with Crippen LogP contribution in [0.2, 0.25) is 0 Å². The van der Waals surface area contributed by atoms with Gasteiger partial charge >= 0.3 is 0 Å². The molecule has 0 fully saturated rings. The summed E-state index contributed by atoms with van der Waals surface area (Å²) in [6, 6.07) is 87.9. The van der Waals surface area contributed by atoms with Gasteiger partial charge in [-0.25, -0.2) is 0 Å². The Morgan fingerprint density at radius 1 is 0.333 bits per heavy atom. The highest BCUT2D eigenvalue weighted by molar-refractivity contribution is 6.07. The van der Waals surface area contributed by atoms with E-state index in [1.165, 1.54) is 94.3 Å². The van der Waals surface area contributed by atoms with Gasteiger partial charge in [0.05, 0.1) is 16.8 Å². The monoisotopic (exact) mass is 803 g/mol. The molecule has 2 aliphatic rings. The molecule has 0 saturated carbocycles. The van der Waals surface area contributed by atoms with Gasteiger partial charge in [0.1, 0.15) is 0 Å². The number of fused-ring (bicyclic) bond motifs is 7. The Hall–Kier alpha value is -7.74. The van der Waals surface area contributed by atoms with Crippen LogP contribution in [-0.2, 0) is 10.8 Å². The zero-order valence-corrected chi connectivity index (χ0v) is 35.5. The maximum absolute atomic E-state index is 2.58. The van der Waals surface area contributed by atoms with E-state index < -0.39 is 5.41 Å². The van der Waals surface area contributed by atoms with Gasteiger partial charge < -0.3 is 4.90 Å². The number of benzene rings is 10. The normalized spacial score (nSPS) is 13.8. The van der Waals surface area contributed by atoms with Crippen LogP contribution in [0.4, 0.5) is 17.1 Å². The van der Waals surface area contributed by atoms with E-state index in [0.29, 0.717) is 0 Å². The van der Waals surface area contributed by atoms with E-state index in [2.05, 4.69) is 255 Å². The quantitative estimate of drug-likeness (QED) is 0.155. The average Bonchev–Trinajstić information content (AvgIpc) is 3.78. The lowest BCUT2D eigenvalue weighted by Crippen LogP contribution is -2.28. The number of hydrogen-bond acceptors (Lipinski definition) is 1. The number of rotatable bonds is 7. The zero-order valence-electron chi connectivity index (χ0n) is 35.5. The lowest BCUT2D eigenvalue weighted by atomic mass is 9.67. The molecule has 1 heteroatoms. The standard InChI is InChI=1S/C62H45N/c1-61(2)53-29-16-15-28-52(53)60-55(61)31-18-32-57(60)63(58-40-37-44-21-12-13-26-49(44)59(58)45-35-33-43(34-36-45)42-19-6-3-7-20-42)48-38-39-51-50-27-14-17-30-54(50)62(56(51)41-48,46-22-8-4-9-23-46)47-24-10-5-11-25-47/h3-41H,1-2H3. The second-order valence-electron chi connectivity index (χ2n) is 17.6. The van der Waals surface area contributed by atoms with Gasteiger partial charge in [0.15, 0.2) is 0 Å². The Morgan fingerprint density at radius 2 is 0.873 bits per heavy atom. The van der Waals surface area contributed by atoms with Crippen LogP contribution in [0.15, 0.2) is 237 Å². The molecule has 0 aromatic heterocycles. The van der Waals surface area contributed by atoms with E-state index in [1.807, 2.05) is 0 Å². The smallest absolute Gasteiger partial charge is 0.0714 e. The molecular weight excluding hydrogens is 759 g/mol. The molecule has 0 atom stereocenters. The van der Waals surface area contributed by atoms with Crippen molar-refractivity contribution < 1.29 is 0 Å². The van der Waals surface area contributed by atoms with Crippen LogP contribution in [-0.4, -0.2) is 0 Å². The third kappa shape index (κ3) is 5.56. The average molecular weight is 804 g/mol. The predicted octanol–water partition coefficient (Wildman–Crippen LogP) is 16.3. The molecule has 298 valence electrons. The van der Waals surface area contributed by atoms with E-state index in [0.717, 1.165) is 11.4 Å². The molecule has 10 aromatic carbocycles. The van der Waals surface area contributed by atoms with Crippen molar-refractivity contribution in [2.75, 3.05) is 4.90 Å². The SMILES string of the molecule is CC1(C)c2ccccc2-c2c(N(c3ccc4c(c3)C(c3ccccc3)(c3ccccc3)c3ccccc3-4)c3ccc4ccccc4c3-c3ccc(-c4ccccc4)cc3)cccc21. The molecule has 12 rings (SSSR count). The van der Waals surface area contributed by atoms with E-state index in [4.69, 9.17) is 0 Å². The first-order valence-electron chi connectivity index (χ1n) is 22.1. The molecule has 0 N–H and O–H groups in total. The summed E-state index contributed by atoms with van der Waals surface area (Å²) in [5.41, 5.74) is 20.5. The van der Waals surface area contributed by atoms with Gasteiger partial charge in [0.2, 0.25) is 0 Å². The van der Waals surface area contributed by atoms with Crippen LogP contribution >= 0.6 is 0 Å². The summed E-state index contributed by atoms with van der Waals surface area (Å²) < 4.78 is 0. The van der Waals surface area contributed by atoms with Gasteiger partial charge in [0.25, 0.3) is 0 Å². The first kappa shape index (κ1) is 37.1. The summed E-state index contributed by atoms with van der Waals surface area (Å²) in [6.45, 7) is 4.75. The van der Waals surface area contributed by atoms with E-state index in [-0.39, 0.29) is 5.41 Å². The summed E-state index contributed by atoms with van der Waals surface area (Å²) >= 11 is 0. The topological polar surface area (TPSA) is 3.24 Å². The molecule has 0 spiro atoms.